The number of fused-ring (bicyclic) bond motifs is 2. The number of hydrogen-bond acceptors (Lipinski definition) is 7. The Kier molecular flexibility index (Phi) is 22.0. The van der Waals surface area contributed by atoms with Crippen LogP contribution in [0.3, 0.4) is 0 Å². The summed E-state index contributed by atoms with van der Waals surface area (Å²) in [6, 6.07) is 12.3. The minimum atomic E-state index is -4.96. The van der Waals surface area contributed by atoms with Crippen molar-refractivity contribution in [1.82, 2.24) is 0 Å². The highest BCUT2D eigenvalue weighted by Gasteiger charge is 2.39. The smallest absolute Gasteiger partial charge is 0.389 e. The molecule has 2 aliphatic rings. The van der Waals surface area contributed by atoms with E-state index in [0.717, 1.165) is 32.1 Å². The van der Waals surface area contributed by atoms with Crippen molar-refractivity contribution in [2.45, 2.75) is 154 Å². The number of Topliss-reactive ketones (excluding diaryl/α,β-unsaturated/α-hetero) is 4. The highest BCUT2D eigenvalue weighted by molar-refractivity contribution is 6.02. The molecule has 2 atom stereocenters. The van der Waals surface area contributed by atoms with Crippen LogP contribution < -0.4 is 10.6 Å². The van der Waals surface area contributed by atoms with E-state index in [-0.39, 0.29) is 90.3 Å². The molecule has 3 N–H and O–H groups in total. The number of rotatable bonds is 22. The number of ketones is 4. The standard InChI is InChI=1S/C29H31F6NO3.C28H29F6NO4/c1-2-24(37)7-5-3-4-6-8-26(38)36-23-11-12-25-19(16-23)9-10-20(27(25)39)13-18-14-21(28(30,31)32)17-22(15-18)29(33,34)35;29-27(30,31)20-12-17(13-21(15-20)28(32,33)34)11-19-8-7-18-14-22(9-10-24(18)26(19)39)35-25(38)6-4-2-1-3-5-23(37)16-36/h11-12,14-17,20H,2-10,13H2,1H3,(H,36,38);9-10,12-15,19,36H,1-8,11,16H2,(H,35,38). The maximum absolute atomic E-state index is 13.2. The molecular weight excluding hydrogens is 1050 g/mol. The lowest BCUT2D eigenvalue weighted by atomic mass is 9.79. The van der Waals surface area contributed by atoms with Gasteiger partial charge in [-0.25, -0.2) is 0 Å². The molecule has 2 amide bonds. The second-order valence-corrected chi connectivity index (χ2v) is 19.7. The van der Waals surface area contributed by atoms with Crippen molar-refractivity contribution in [3.8, 4) is 0 Å². The minimum Gasteiger partial charge on any atom is -0.389 e. The number of benzene rings is 4. The molecular formula is C57H60F12N2O7. The van der Waals surface area contributed by atoms with Gasteiger partial charge in [0.15, 0.2) is 17.3 Å². The summed E-state index contributed by atoms with van der Waals surface area (Å²) >= 11 is 0. The molecule has 0 saturated carbocycles. The molecule has 0 fully saturated rings. The Morgan fingerprint density at radius 3 is 1.13 bits per heavy atom. The number of anilines is 2. The monoisotopic (exact) mass is 1110 g/mol. The van der Waals surface area contributed by atoms with Crippen molar-refractivity contribution in [3.05, 3.63) is 128 Å². The summed E-state index contributed by atoms with van der Waals surface area (Å²) in [6.45, 7) is 1.37. The van der Waals surface area contributed by atoms with Gasteiger partial charge in [0.25, 0.3) is 0 Å². The number of aryl methyl sites for hydroxylation is 2. The number of alkyl halides is 12. The molecule has 78 heavy (non-hydrogen) atoms. The number of halogens is 12. The zero-order valence-corrected chi connectivity index (χ0v) is 42.7. The van der Waals surface area contributed by atoms with Gasteiger partial charge in [-0.15, -0.1) is 0 Å². The third-order valence-electron chi connectivity index (χ3n) is 13.6. The third-order valence-corrected chi connectivity index (χ3v) is 13.6. The van der Waals surface area contributed by atoms with Gasteiger partial charge in [-0.2, -0.15) is 52.7 Å². The first kappa shape index (κ1) is 62.5. The van der Waals surface area contributed by atoms with Crippen LogP contribution >= 0.6 is 0 Å². The zero-order chi connectivity index (χ0) is 57.6. The number of aliphatic hydroxyl groups is 1. The molecule has 0 saturated heterocycles. The first-order chi connectivity index (χ1) is 36.5. The highest BCUT2D eigenvalue weighted by atomic mass is 19.4. The first-order valence-corrected chi connectivity index (χ1v) is 25.7. The Bertz CT molecular complexity index is 2530. The zero-order valence-electron chi connectivity index (χ0n) is 42.7. The van der Waals surface area contributed by atoms with Crippen molar-refractivity contribution < 1.29 is 86.6 Å². The van der Waals surface area contributed by atoms with Crippen LogP contribution in [-0.4, -0.2) is 46.7 Å². The Balaban J connectivity index is 0.000000287. The van der Waals surface area contributed by atoms with E-state index in [1.807, 2.05) is 6.92 Å². The number of amides is 2. The molecule has 4 aromatic rings. The average Bonchev–Trinajstić information content (AvgIpc) is 3.43. The maximum atomic E-state index is 13.2. The van der Waals surface area contributed by atoms with Gasteiger partial charge in [0, 0.05) is 66.4 Å². The summed E-state index contributed by atoms with van der Waals surface area (Å²) in [6.07, 6.45) is -11.0. The second-order valence-electron chi connectivity index (χ2n) is 19.7. The molecule has 0 bridgehead atoms. The highest BCUT2D eigenvalue weighted by Crippen LogP contribution is 2.40. The van der Waals surface area contributed by atoms with E-state index in [1.165, 1.54) is 12.1 Å². The SMILES string of the molecule is CCC(=O)CCCCCCC(=O)Nc1ccc2c(c1)CCC(Cc1cc(C(F)(F)F)cc(C(F)(F)F)c1)C2=O.O=C(CO)CCCCCCC(=O)Nc1ccc2c(c1)CCC(Cc1cc(C(F)(F)F)cc(C(F)(F)F)c1)C2=O. The van der Waals surface area contributed by atoms with E-state index in [2.05, 4.69) is 10.6 Å². The van der Waals surface area contributed by atoms with Gasteiger partial charge in [0.1, 0.15) is 12.4 Å². The van der Waals surface area contributed by atoms with Gasteiger partial charge < -0.3 is 15.7 Å². The Labute approximate surface area is 442 Å². The van der Waals surface area contributed by atoms with Crippen LogP contribution in [0.4, 0.5) is 64.1 Å². The summed E-state index contributed by atoms with van der Waals surface area (Å²) in [5.41, 5.74) is -2.98. The lowest BCUT2D eigenvalue weighted by Gasteiger charge is -2.24. The number of aliphatic hydroxyl groups excluding tert-OH is 1. The van der Waals surface area contributed by atoms with Gasteiger partial charge in [-0.3, -0.25) is 28.8 Å². The maximum Gasteiger partial charge on any atom is 0.416 e. The third kappa shape index (κ3) is 18.9. The second kappa shape index (κ2) is 27.5. The largest absolute Gasteiger partial charge is 0.416 e. The van der Waals surface area contributed by atoms with Crippen molar-refractivity contribution in [2.24, 2.45) is 11.8 Å². The first-order valence-electron chi connectivity index (χ1n) is 25.7. The van der Waals surface area contributed by atoms with Crippen molar-refractivity contribution in [1.29, 1.82) is 0 Å². The fourth-order valence-corrected chi connectivity index (χ4v) is 9.46. The molecule has 6 rings (SSSR count). The van der Waals surface area contributed by atoms with E-state index in [9.17, 15) is 81.5 Å². The molecule has 0 heterocycles. The summed E-state index contributed by atoms with van der Waals surface area (Å²) in [5, 5.41) is 14.3. The number of carbonyl (C=O) groups excluding carboxylic acids is 6. The van der Waals surface area contributed by atoms with Crippen molar-refractivity contribution in [3.63, 3.8) is 0 Å². The van der Waals surface area contributed by atoms with Crippen LogP contribution in [-0.2, 0) is 69.6 Å². The molecule has 0 aliphatic heterocycles. The summed E-state index contributed by atoms with van der Waals surface area (Å²) in [5.74, 6) is -2.60. The normalized spacial score (nSPS) is 15.7. The molecule has 21 heteroatoms. The van der Waals surface area contributed by atoms with Crippen LogP contribution in [0.15, 0.2) is 72.8 Å². The van der Waals surface area contributed by atoms with Crippen molar-refractivity contribution in [2.75, 3.05) is 17.2 Å². The molecule has 0 radical (unpaired) electrons. The minimum absolute atomic E-state index is 0.0682. The Morgan fingerprint density at radius 2 is 0.808 bits per heavy atom. The quantitative estimate of drug-likeness (QED) is 0.0524. The number of unbranched alkanes of at least 4 members (excludes halogenated alkanes) is 6. The molecule has 424 valence electrons. The average molecular weight is 1110 g/mol. The molecule has 4 aromatic carbocycles. The van der Waals surface area contributed by atoms with E-state index < -0.39 is 65.4 Å². The lowest BCUT2D eigenvalue weighted by Crippen LogP contribution is -2.25. The van der Waals surface area contributed by atoms with Gasteiger partial charge in [-0.05, 0) is 159 Å². The van der Waals surface area contributed by atoms with Crippen molar-refractivity contribution >= 4 is 46.3 Å². The van der Waals surface area contributed by atoms with E-state index in [4.69, 9.17) is 5.11 Å². The fraction of sp³-hybridized carbons (Fsp3) is 0.474. The lowest BCUT2D eigenvalue weighted by molar-refractivity contribution is -0.144. The van der Waals surface area contributed by atoms with Gasteiger partial charge in [0.05, 0.1) is 22.3 Å². The van der Waals surface area contributed by atoms with E-state index in [1.54, 1.807) is 24.3 Å². The molecule has 2 aliphatic carbocycles. The van der Waals surface area contributed by atoms with E-state index >= 15 is 0 Å². The number of nitrogens with one attached hydrogen (secondary N) is 2. The van der Waals surface area contributed by atoms with Crippen LogP contribution in [0.2, 0.25) is 0 Å². The summed E-state index contributed by atoms with van der Waals surface area (Å²) in [4.78, 5) is 73.0. The number of carbonyl (C=O) groups is 6. The summed E-state index contributed by atoms with van der Waals surface area (Å²) < 4.78 is 158. The fourth-order valence-electron chi connectivity index (χ4n) is 9.46. The van der Waals surface area contributed by atoms with Crippen LogP contribution in [0.25, 0.3) is 0 Å². The van der Waals surface area contributed by atoms with E-state index in [0.29, 0.717) is 116 Å². The molecule has 9 nitrogen and oxygen atoms in total. The van der Waals surface area contributed by atoms with Gasteiger partial charge in [-0.1, -0.05) is 32.6 Å². The van der Waals surface area contributed by atoms with Gasteiger partial charge >= 0.3 is 24.7 Å². The topological polar surface area (TPSA) is 147 Å². The van der Waals surface area contributed by atoms with Crippen LogP contribution in [0.5, 0.6) is 0 Å². The predicted molar refractivity (Wildman–Crippen MR) is 266 cm³/mol. The molecule has 2 unspecified atom stereocenters. The molecule has 0 spiro atoms. The summed E-state index contributed by atoms with van der Waals surface area (Å²) in [7, 11) is 0. The predicted octanol–water partition coefficient (Wildman–Crippen LogP) is 14.5. The number of hydrogen-bond donors (Lipinski definition) is 3. The van der Waals surface area contributed by atoms with Crippen LogP contribution in [0, 0.1) is 11.8 Å². The molecule has 0 aromatic heterocycles. The van der Waals surface area contributed by atoms with Crippen LogP contribution in [0.1, 0.15) is 168 Å². The Morgan fingerprint density at radius 1 is 0.474 bits per heavy atom. The Hall–Kier alpha value is -6.38. The van der Waals surface area contributed by atoms with Gasteiger partial charge in [0.2, 0.25) is 11.8 Å².